The van der Waals surface area contributed by atoms with Gasteiger partial charge in [-0.15, -0.1) is 0 Å². The molecule has 0 radical (unpaired) electrons. The summed E-state index contributed by atoms with van der Waals surface area (Å²) in [5.74, 6) is 0.672. The van der Waals surface area contributed by atoms with Crippen LogP contribution in [0, 0.1) is 6.92 Å². The number of hydrogen-bond donors (Lipinski definition) is 2. The Morgan fingerprint density at radius 2 is 1.96 bits per heavy atom. The SMILES string of the molecule is Cc1cc(N)nc(C2CCc3c(ncnc3N3CCNCC3)C2)c1C(F)(F)F. The fourth-order valence-corrected chi connectivity index (χ4v) is 4.29. The Balaban J connectivity index is 1.69. The summed E-state index contributed by atoms with van der Waals surface area (Å²) in [6.07, 6.45) is -1.33. The number of hydrogen-bond acceptors (Lipinski definition) is 6. The second-order valence-electron chi connectivity index (χ2n) is 7.42. The van der Waals surface area contributed by atoms with Crippen LogP contribution in [-0.4, -0.2) is 41.1 Å². The van der Waals surface area contributed by atoms with Gasteiger partial charge in [0.1, 0.15) is 18.0 Å². The van der Waals surface area contributed by atoms with Gasteiger partial charge in [-0.25, -0.2) is 15.0 Å². The van der Waals surface area contributed by atoms with E-state index in [2.05, 4.69) is 25.2 Å². The number of fused-ring (bicyclic) bond motifs is 1. The number of nitrogens with zero attached hydrogens (tertiary/aromatic N) is 4. The van der Waals surface area contributed by atoms with E-state index in [-0.39, 0.29) is 23.0 Å². The van der Waals surface area contributed by atoms with Gasteiger partial charge in [0.25, 0.3) is 0 Å². The van der Waals surface area contributed by atoms with Gasteiger partial charge in [-0.2, -0.15) is 13.2 Å². The van der Waals surface area contributed by atoms with Crippen LogP contribution < -0.4 is 16.0 Å². The average molecular weight is 392 g/mol. The van der Waals surface area contributed by atoms with Crippen molar-refractivity contribution in [2.75, 3.05) is 36.8 Å². The average Bonchev–Trinajstić information content (AvgIpc) is 2.66. The highest BCUT2D eigenvalue weighted by atomic mass is 19.4. The molecule has 2 aliphatic rings. The van der Waals surface area contributed by atoms with Crippen LogP contribution in [0.5, 0.6) is 0 Å². The number of nitrogen functional groups attached to an aromatic ring is 1. The van der Waals surface area contributed by atoms with Gasteiger partial charge >= 0.3 is 6.18 Å². The Morgan fingerprint density at radius 3 is 2.68 bits per heavy atom. The van der Waals surface area contributed by atoms with Crippen LogP contribution in [-0.2, 0) is 19.0 Å². The third kappa shape index (κ3) is 3.50. The zero-order chi connectivity index (χ0) is 19.9. The van der Waals surface area contributed by atoms with Crippen molar-refractivity contribution < 1.29 is 13.2 Å². The van der Waals surface area contributed by atoms with Crippen LogP contribution in [0.1, 0.15) is 40.4 Å². The number of aromatic nitrogens is 3. The number of nitrogens with two attached hydrogens (primary N) is 1. The van der Waals surface area contributed by atoms with E-state index in [1.54, 1.807) is 0 Å². The second-order valence-corrected chi connectivity index (χ2v) is 7.42. The van der Waals surface area contributed by atoms with E-state index in [4.69, 9.17) is 5.73 Å². The van der Waals surface area contributed by atoms with Crippen molar-refractivity contribution in [2.45, 2.75) is 38.3 Å². The predicted molar refractivity (Wildman–Crippen MR) is 100 cm³/mol. The molecule has 1 aliphatic carbocycles. The number of pyridine rings is 1. The van der Waals surface area contributed by atoms with E-state index in [0.717, 1.165) is 43.3 Å². The summed E-state index contributed by atoms with van der Waals surface area (Å²) >= 11 is 0. The summed E-state index contributed by atoms with van der Waals surface area (Å²) in [6, 6.07) is 1.29. The minimum Gasteiger partial charge on any atom is -0.384 e. The minimum absolute atomic E-state index is 0.0398. The molecule has 1 unspecified atom stereocenters. The van der Waals surface area contributed by atoms with Crippen molar-refractivity contribution in [1.82, 2.24) is 20.3 Å². The van der Waals surface area contributed by atoms with E-state index in [1.807, 2.05) is 0 Å². The van der Waals surface area contributed by atoms with Crippen LogP contribution in [0.15, 0.2) is 12.4 Å². The lowest BCUT2D eigenvalue weighted by Crippen LogP contribution is -2.44. The lowest BCUT2D eigenvalue weighted by atomic mass is 9.82. The summed E-state index contributed by atoms with van der Waals surface area (Å²) < 4.78 is 41.0. The highest BCUT2D eigenvalue weighted by molar-refractivity contribution is 5.51. The predicted octanol–water partition coefficient (Wildman–Crippen LogP) is 2.46. The van der Waals surface area contributed by atoms with Gasteiger partial charge in [-0.1, -0.05) is 0 Å². The zero-order valence-electron chi connectivity index (χ0n) is 15.7. The van der Waals surface area contributed by atoms with Crippen LogP contribution in [0.2, 0.25) is 0 Å². The molecule has 1 saturated heterocycles. The monoisotopic (exact) mass is 392 g/mol. The van der Waals surface area contributed by atoms with E-state index >= 15 is 0 Å². The fourth-order valence-electron chi connectivity index (χ4n) is 4.29. The molecule has 2 aromatic rings. The quantitative estimate of drug-likeness (QED) is 0.817. The summed E-state index contributed by atoms with van der Waals surface area (Å²) in [4.78, 5) is 15.2. The highest BCUT2D eigenvalue weighted by Crippen LogP contribution is 2.42. The molecule has 0 amide bonds. The molecule has 9 heteroatoms. The number of halogens is 3. The maximum Gasteiger partial charge on any atom is 0.418 e. The van der Waals surface area contributed by atoms with Crippen molar-refractivity contribution in [3.63, 3.8) is 0 Å². The Kier molecular flexibility index (Phi) is 4.86. The topological polar surface area (TPSA) is 80.0 Å². The molecule has 0 aromatic carbocycles. The van der Waals surface area contributed by atoms with Gasteiger partial charge in [-0.05, 0) is 37.8 Å². The lowest BCUT2D eigenvalue weighted by Gasteiger charge is -2.33. The zero-order valence-corrected chi connectivity index (χ0v) is 15.7. The molecule has 1 atom stereocenters. The number of alkyl halides is 3. The normalized spacial score (nSPS) is 20.1. The maximum absolute atomic E-state index is 13.7. The first-order valence-electron chi connectivity index (χ1n) is 9.47. The van der Waals surface area contributed by atoms with Crippen LogP contribution in [0.25, 0.3) is 0 Å². The molecule has 0 saturated carbocycles. The molecule has 3 heterocycles. The smallest absolute Gasteiger partial charge is 0.384 e. The van der Waals surface area contributed by atoms with E-state index in [9.17, 15) is 13.2 Å². The van der Waals surface area contributed by atoms with Crippen LogP contribution in [0.3, 0.4) is 0 Å². The molecule has 28 heavy (non-hydrogen) atoms. The Hall–Kier alpha value is -2.42. The molecule has 6 nitrogen and oxygen atoms in total. The van der Waals surface area contributed by atoms with Gasteiger partial charge in [0.15, 0.2) is 0 Å². The highest BCUT2D eigenvalue weighted by Gasteiger charge is 2.39. The summed E-state index contributed by atoms with van der Waals surface area (Å²) in [7, 11) is 0. The van der Waals surface area contributed by atoms with Gasteiger partial charge in [-0.3, -0.25) is 0 Å². The van der Waals surface area contributed by atoms with Gasteiger partial charge in [0.2, 0.25) is 0 Å². The number of aryl methyl sites for hydroxylation is 1. The number of nitrogens with one attached hydrogen (secondary N) is 1. The van der Waals surface area contributed by atoms with Gasteiger partial charge in [0.05, 0.1) is 11.3 Å². The number of piperazine rings is 1. The third-order valence-electron chi connectivity index (χ3n) is 5.55. The molecule has 0 spiro atoms. The maximum atomic E-state index is 13.7. The summed E-state index contributed by atoms with van der Waals surface area (Å²) in [5.41, 5.74) is 7.14. The lowest BCUT2D eigenvalue weighted by molar-refractivity contribution is -0.139. The van der Waals surface area contributed by atoms with Crippen LogP contribution in [0.4, 0.5) is 24.8 Å². The van der Waals surface area contributed by atoms with Gasteiger partial charge in [0, 0.05) is 43.4 Å². The van der Waals surface area contributed by atoms with E-state index < -0.39 is 11.7 Å². The van der Waals surface area contributed by atoms with Crippen molar-refractivity contribution in [3.8, 4) is 0 Å². The van der Waals surface area contributed by atoms with Gasteiger partial charge < -0.3 is 16.0 Å². The first-order valence-corrected chi connectivity index (χ1v) is 9.47. The first kappa shape index (κ1) is 18.9. The van der Waals surface area contributed by atoms with Crippen molar-refractivity contribution >= 4 is 11.6 Å². The Morgan fingerprint density at radius 1 is 1.21 bits per heavy atom. The molecule has 2 aromatic heterocycles. The number of anilines is 2. The van der Waals surface area contributed by atoms with Crippen molar-refractivity contribution in [1.29, 1.82) is 0 Å². The molecule has 1 fully saturated rings. The molecule has 150 valence electrons. The Bertz CT molecular complexity index is 877. The second kappa shape index (κ2) is 7.20. The fraction of sp³-hybridized carbons (Fsp3) is 0.526. The first-order chi connectivity index (χ1) is 13.3. The third-order valence-corrected chi connectivity index (χ3v) is 5.55. The molecule has 0 bridgehead atoms. The minimum atomic E-state index is -4.46. The molecular formula is C19H23F3N6. The molecular weight excluding hydrogens is 369 g/mol. The Labute approximate surface area is 161 Å². The standard InChI is InChI=1S/C19H23F3N6/c1-11-8-15(23)27-17(16(11)19(20,21)22)12-2-3-13-14(9-12)25-10-26-18(13)28-6-4-24-5-7-28/h8,10,12,24H,2-7,9H2,1H3,(H2,23,27). The molecule has 1 aliphatic heterocycles. The summed E-state index contributed by atoms with van der Waals surface area (Å²) in [6.45, 7) is 4.94. The largest absolute Gasteiger partial charge is 0.418 e. The number of rotatable bonds is 2. The molecule has 4 rings (SSSR count). The van der Waals surface area contributed by atoms with E-state index in [1.165, 1.54) is 19.3 Å². The van der Waals surface area contributed by atoms with Crippen LogP contribution >= 0.6 is 0 Å². The van der Waals surface area contributed by atoms with Crippen molar-refractivity contribution in [2.24, 2.45) is 0 Å². The van der Waals surface area contributed by atoms with Crippen molar-refractivity contribution in [3.05, 3.63) is 40.5 Å². The van der Waals surface area contributed by atoms with E-state index in [0.29, 0.717) is 19.3 Å². The summed E-state index contributed by atoms with van der Waals surface area (Å²) in [5, 5.41) is 3.31. The molecule has 3 N–H and O–H groups in total.